The van der Waals surface area contributed by atoms with Gasteiger partial charge in [-0.1, -0.05) is 31.2 Å². The summed E-state index contributed by atoms with van der Waals surface area (Å²) in [5, 5.41) is 3.22. The van der Waals surface area contributed by atoms with Crippen LogP contribution in [0.25, 0.3) is 0 Å². The number of benzene rings is 1. The quantitative estimate of drug-likeness (QED) is 0.847. The van der Waals surface area contributed by atoms with Crippen LogP contribution in [0, 0.1) is 0 Å². The maximum atomic E-state index is 12.3. The van der Waals surface area contributed by atoms with E-state index in [4.69, 9.17) is 0 Å². The van der Waals surface area contributed by atoms with Crippen molar-refractivity contribution < 1.29 is 13.5 Å². The number of pyridine rings is 1. The number of aryl methyl sites for hydroxylation is 1. The third-order valence-electron chi connectivity index (χ3n) is 3.16. The highest BCUT2D eigenvalue weighted by Crippen LogP contribution is 2.20. The zero-order valence-electron chi connectivity index (χ0n) is 11.9. The fourth-order valence-electron chi connectivity index (χ4n) is 2.13. The highest BCUT2D eigenvalue weighted by Gasteiger charge is 2.09. The summed E-state index contributed by atoms with van der Waals surface area (Å²) >= 11 is 0. The normalized spacial score (nSPS) is 10.9. The number of aromatic nitrogens is 1. The Morgan fingerprint density at radius 1 is 1.10 bits per heavy atom. The van der Waals surface area contributed by atoms with Crippen LogP contribution >= 0.6 is 0 Å². The van der Waals surface area contributed by atoms with Crippen molar-refractivity contribution in [2.75, 3.05) is 0 Å². The molecule has 0 aliphatic carbocycles. The molecule has 1 N–H and O–H groups in total. The molecule has 0 fully saturated rings. The number of hydrogen-bond donors (Lipinski definition) is 1. The van der Waals surface area contributed by atoms with Gasteiger partial charge in [-0.05, 0) is 24.1 Å². The molecule has 21 heavy (non-hydrogen) atoms. The van der Waals surface area contributed by atoms with E-state index in [-0.39, 0.29) is 5.75 Å². The maximum absolute atomic E-state index is 12.3. The molecule has 0 aliphatic heterocycles. The molecule has 1 aromatic heterocycles. The van der Waals surface area contributed by atoms with Crippen LogP contribution < -0.4 is 10.1 Å². The molecule has 2 aromatic rings. The first-order valence-corrected chi connectivity index (χ1v) is 6.87. The summed E-state index contributed by atoms with van der Waals surface area (Å²) in [4.78, 5) is 4.34. The molecule has 0 atom stereocenters. The molecule has 1 aromatic carbocycles. The maximum Gasteiger partial charge on any atom is 0.387 e. The summed E-state index contributed by atoms with van der Waals surface area (Å²) < 4.78 is 29.2. The number of rotatable bonds is 7. The van der Waals surface area contributed by atoms with Crippen molar-refractivity contribution in [2.24, 2.45) is 0 Å². The van der Waals surface area contributed by atoms with Crippen molar-refractivity contribution in [3.8, 4) is 5.75 Å². The summed E-state index contributed by atoms with van der Waals surface area (Å²) in [7, 11) is 0. The Bertz CT molecular complexity index is 576. The van der Waals surface area contributed by atoms with Gasteiger partial charge in [0.1, 0.15) is 5.75 Å². The molecule has 1 heterocycles. The van der Waals surface area contributed by atoms with Gasteiger partial charge in [-0.15, -0.1) is 0 Å². The lowest BCUT2D eigenvalue weighted by Crippen LogP contribution is -2.16. The first-order chi connectivity index (χ1) is 10.2. The van der Waals surface area contributed by atoms with Crippen molar-refractivity contribution in [1.29, 1.82) is 0 Å². The van der Waals surface area contributed by atoms with Crippen LogP contribution in [0.4, 0.5) is 8.78 Å². The number of nitrogens with zero attached hydrogens (tertiary/aromatic N) is 1. The fraction of sp³-hybridized carbons (Fsp3) is 0.312. The lowest BCUT2D eigenvalue weighted by molar-refractivity contribution is -0.0505. The van der Waals surface area contributed by atoms with Crippen molar-refractivity contribution >= 4 is 0 Å². The molecule has 0 unspecified atom stereocenters. The molecule has 0 saturated carbocycles. The Kier molecular flexibility index (Phi) is 5.63. The van der Waals surface area contributed by atoms with Crippen LogP contribution in [0.2, 0.25) is 0 Å². The number of ether oxygens (including phenoxy) is 1. The summed E-state index contributed by atoms with van der Waals surface area (Å²) in [6.45, 7) is 0.302. The molecule has 0 spiro atoms. The van der Waals surface area contributed by atoms with E-state index < -0.39 is 6.61 Å². The molecular formula is C16H18F2N2O. The summed E-state index contributed by atoms with van der Waals surface area (Å²) in [6, 6.07) is 10.7. The first kappa shape index (κ1) is 15.4. The third kappa shape index (κ3) is 4.49. The van der Waals surface area contributed by atoms with Gasteiger partial charge in [-0.3, -0.25) is 4.98 Å². The zero-order chi connectivity index (χ0) is 15.1. The fourth-order valence-corrected chi connectivity index (χ4v) is 2.13. The first-order valence-electron chi connectivity index (χ1n) is 6.87. The lowest BCUT2D eigenvalue weighted by Gasteiger charge is -2.12. The van der Waals surface area contributed by atoms with Gasteiger partial charge in [0.05, 0.1) is 5.69 Å². The van der Waals surface area contributed by atoms with Gasteiger partial charge < -0.3 is 10.1 Å². The van der Waals surface area contributed by atoms with Crippen molar-refractivity contribution in [1.82, 2.24) is 10.3 Å². The lowest BCUT2D eigenvalue weighted by atomic mass is 10.1. The van der Waals surface area contributed by atoms with Crippen LogP contribution in [0.1, 0.15) is 23.7 Å². The second-order valence-electron chi connectivity index (χ2n) is 4.55. The minimum absolute atomic E-state index is 0.205. The Labute approximate surface area is 123 Å². The standard InChI is InChI=1S/C16H18F2N2O/c1-2-12-7-5-9-20-14(12)11-19-10-13-6-3-4-8-15(13)21-16(17)18/h3-9,16,19H,2,10-11H2,1H3. The highest BCUT2D eigenvalue weighted by atomic mass is 19.3. The largest absolute Gasteiger partial charge is 0.434 e. The predicted molar refractivity (Wildman–Crippen MR) is 77.2 cm³/mol. The number of halogens is 2. The molecule has 5 heteroatoms. The second-order valence-corrected chi connectivity index (χ2v) is 4.55. The van der Waals surface area contributed by atoms with E-state index in [1.165, 1.54) is 5.56 Å². The summed E-state index contributed by atoms with van der Waals surface area (Å²) in [5.41, 5.74) is 2.86. The van der Waals surface area contributed by atoms with E-state index in [0.29, 0.717) is 18.7 Å². The molecule has 0 aliphatic rings. The van der Waals surface area contributed by atoms with E-state index in [1.807, 2.05) is 12.1 Å². The van der Waals surface area contributed by atoms with Crippen molar-refractivity contribution in [2.45, 2.75) is 33.0 Å². The van der Waals surface area contributed by atoms with Gasteiger partial charge in [-0.25, -0.2) is 0 Å². The summed E-state index contributed by atoms with van der Waals surface area (Å²) in [5.74, 6) is 0.205. The van der Waals surface area contributed by atoms with E-state index in [2.05, 4.69) is 22.0 Å². The smallest absolute Gasteiger partial charge is 0.387 e. The van der Waals surface area contributed by atoms with Crippen LogP contribution in [-0.4, -0.2) is 11.6 Å². The van der Waals surface area contributed by atoms with Gasteiger partial charge in [-0.2, -0.15) is 8.78 Å². The van der Waals surface area contributed by atoms with Gasteiger partial charge >= 0.3 is 6.61 Å². The average Bonchev–Trinajstić information content (AvgIpc) is 2.49. The number of hydrogen-bond acceptors (Lipinski definition) is 3. The van der Waals surface area contributed by atoms with E-state index in [1.54, 1.807) is 30.5 Å². The van der Waals surface area contributed by atoms with Crippen LogP contribution in [-0.2, 0) is 19.5 Å². The van der Waals surface area contributed by atoms with Gasteiger partial charge in [0, 0.05) is 24.8 Å². The van der Waals surface area contributed by atoms with Gasteiger partial charge in [0.2, 0.25) is 0 Å². The van der Waals surface area contributed by atoms with Crippen molar-refractivity contribution in [3.63, 3.8) is 0 Å². The molecule has 0 saturated heterocycles. The van der Waals surface area contributed by atoms with Gasteiger partial charge in [0.25, 0.3) is 0 Å². The van der Waals surface area contributed by atoms with E-state index >= 15 is 0 Å². The topological polar surface area (TPSA) is 34.2 Å². The van der Waals surface area contributed by atoms with Crippen molar-refractivity contribution in [3.05, 3.63) is 59.4 Å². The van der Waals surface area contributed by atoms with Crippen LogP contribution in [0.3, 0.4) is 0 Å². The van der Waals surface area contributed by atoms with Crippen LogP contribution in [0.5, 0.6) is 5.75 Å². The van der Waals surface area contributed by atoms with Gasteiger partial charge in [0.15, 0.2) is 0 Å². The molecule has 0 bridgehead atoms. The third-order valence-corrected chi connectivity index (χ3v) is 3.16. The molecule has 0 radical (unpaired) electrons. The molecule has 112 valence electrons. The molecule has 2 rings (SSSR count). The van der Waals surface area contributed by atoms with E-state index in [9.17, 15) is 8.78 Å². The Balaban J connectivity index is 1.97. The molecule has 0 amide bonds. The Morgan fingerprint density at radius 2 is 1.86 bits per heavy atom. The molecule has 3 nitrogen and oxygen atoms in total. The number of nitrogens with one attached hydrogen (secondary N) is 1. The molecular weight excluding hydrogens is 274 g/mol. The SMILES string of the molecule is CCc1cccnc1CNCc1ccccc1OC(F)F. The number of alkyl halides is 2. The average molecular weight is 292 g/mol. The van der Waals surface area contributed by atoms with E-state index in [0.717, 1.165) is 12.1 Å². The monoisotopic (exact) mass is 292 g/mol. The number of para-hydroxylation sites is 1. The Hall–Kier alpha value is -2.01. The minimum atomic E-state index is -2.81. The Morgan fingerprint density at radius 3 is 2.62 bits per heavy atom. The summed E-state index contributed by atoms with van der Waals surface area (Å²) in [6.07, 6.45) is 2.67. The minimum Gasteiger partial charge on any atom is -0.434 e. The predicted octanol–water partition coefficient (Wildman–Crippen LogP) is 3.54. The zero-order valence-corrected chi connectivity index (χ0v) is 11.9. The highest BCUT2D eigenvalue weighted by molar-refractivity contribution is 5.33. The second kappa shape index (κ2) is 7.69. The van der Waals surface area contributed by atoms with Crippen LogP contribution in [0.15, 0.2) is 42.6 Å².